The maximum atomic E-state index is 11.3. The number of benzene rings is 2. The average molecular weight is 359 g/mol. The SMILES string of the molecule is COc1ccc(CNc2ccccc2)cc1-c1ccc(P(=O)(O)O)o1. The lowest BCUT2D eigenvalue weighted by Gasteiger charge is -2.11. The highest BCUT2D eigenvalue weighted by Gasteiger charge is 2.23. The molecule has 0 unspecified atom stereocenters. The minimum atomic E-state index is -4.43. The number of para-hydroxylation sites is 1. The van der Waals surface area contributed by atoms with Gasteiger partial charge in [0.05, 0.1) is 12.7 Å². The van der Waals surface area contributed by atoms with Crippen LogP contribution in [0.4, 0.5) is 5.69 Å². The zero-order valence-corrected chi connectivity index (χ0v) is 14.4. The molecule has 0 spiro atoms. The minimum absolute atomic E-state index is 0.344. The molecule has 0 radical (unpaired) electrons. The maximum absolute atomic E-state index is 11.3. The Hall–Kier alpha value is -2.53. The number of ether oxygens (including phenoxy) is 1. The molecule has 0 fully saturated rings. The van der Waals surface area contributed by atoms with Crippen LogP contribution in [-0.4, -0.2) is 16.9 Å². The van der Waals surface area contributed by atoms with Crippen LogP contribution in [0, 0.1) is 0 Å². The molecule has 0 aliphatic heterocycles. The van der Waals surface area contributed by atoms with Gasteiger partial charge < -0.3 is 24.3 Å². The van der Waals surface area contributed by atoms with Gasteiger partial charge in [-0.1, -0.05) is 24.3 Å². The Kier molecular flexibility index (Phi) is 4.95. The topological polar surface area (TPSA) is 91.9 Å². The van der Waals surface area contributed by atoms with Gasteiger partial charge in [0.25, 0.3) is 0 Å². The quantitative estimate of drug-likeness (QED) is 0.585. The van der Waals surface area contributed by atoms with Crippen molar-refractivity contribution in [3.63, 3.8) is 0 Å². The molecule has 2 aromatic carbocycles. The molecule has 25 heavy (non-hydrogen) atoms. The third-order valence-electron chi connectivity index (χ3n) is 3.68. The first kappa shape index (κ1) is 17.3. The highest BCUT2D eigenvalue weighted by molar-refractivity contribution is 7.59. The van der Waals surface area contributed by atoms with E-state index < -0.39 is 7.60 Å². The zero-order valence-electron chi connectivity index (χ0n) is 13.5. The van der Waals surface area contributed by atoms with Crippen LogP contribution in [0.5, 0.6) is 5.75 Å². The lowest BCUT2D eigenvalue weighted by Crippen LogP contribution is -2.00. The van der Waals surface area contributed by atoms with Gasteiger partial charge in [0.15, 0.2) is 0 Å². The molecule has 0 amide bonds. The first-order chi connectivity index (χ1) is 12.0. The molecule has 3 aromatic rings. The van der Waals surface area contributed by atoms with Crippen LogP contribution >= 0.6 is 7.60 Å². The number of nitrogens with one attached hydrogen (secondary N) is 1. The number of hydrogen-bond acceptors (Lipinski definition) is 4. The number of furan rings is 1. The number of hydrogen-bond donors (Lipinski definition) is 3. The van der Waals surface area contributed by atoms with Gasteiger partial charge in [0.1, 0.15) is 11.5 Å². The molecule has 7 heteroatoms. The van der Waals surface area contributed by atoms with Gasteiger partial charge in [-0.15, -0.1) is 0 Å². The van der Waals surface area contributed by atoms with Gasteiger partial charge in [0, 0.05) is 12.2 Å². The van der Waals surface area contributed by atoms with Crippen molar-refractivity contribution in [1.82, 2.24) is 0 Å². The summed E-state index contributed by atoms with van der Waals surface area (Å²) < 4.78 is 22.0. The summed E-state index contributed by atoms with van der Waals surface area (Å²) in [5.41, 5.74) is 2.25. The van der Waals surface area contributed by atoms with E-state index in [4.69, 9.17) is 9.15 Å². The molecule has 0 atom stereocenters. The fourth-order valence-corrected chi connectivity index (χ4v) is 2.93. The predicted molar refractivity (Wildman–Crippen MR) is 96.1 cm³/mol. The van der Waals surface area contributed by atoms with Gasteiger partial charge in [-0.25, -0.2) is 0 Å². The van der Waals surface area contributed by atoms with Gasteiger partial charge in [-0.3, -0.25) is 4.57 Å². The minimum Gasteiger partial charge on any atom is -0.496 e. The van der Waals surface area contributed by atoms with Crippen LogP contribution in [0.3, 0.4) is 0 Å². The Morgan fingerprint density at radius 3 is 2.48 bits per heavy atom. The third kappa shape index (κ3) is 4.12. The van der Waals surface area contributed by atoms with E-state index in [1.54, 1.807) is 6.07 Å². The summed E-state index contributed by atoms with van der Waals surface area (Å²) in [5, 5.41) is 3.31. The molecule has 0 aliphatic carbocycles. The first-order valence-corrected chi connectivity index (χ1v) is 9.21. The summed E-state index contributed by atoms with van der Waals surface area (Å²) >= 11 is 0. The highest BCUT2D eigenvalue weighted by Crippen LogP contribution is 2.37. The van der Waals surface area contributed by atoms with E-state index >= 15 is 0 Å². The van der Waals surface area contributed by atoms with Crippen LogP contribution in [0.25, 0.3) is 11.3 Å². The fourth-order valence-electron chi connectivity index (χ4n) is 2.45. The van der Waals surface area contributed by atoms with E-state index in [1.165, 1.54) is 19.2 Å². The second-order valence-electron chi connectivity index (χ2n) is 5.44. The Bertz CT molecular complexity index is 901. The number of anilines is 1. The van der Waals surface area contributed by atoms with Gasteiger partial charge in [-0.05, 0) is 42.0 Å². The lowest BCUT2D eigenvalue weighted by atomic mass is 10.1. The van der Waals surface area contributed by atoms with E-state index in [0.717, 1.165) is 11.3 Å². The second kappa shape index (κ2) is 7.15. The molecule has 1 aromatic heterocycles. The molecule has 6 nitrogen and oxygen atoms in total. The Morgan fingerprint density at radius 2 is 1.84 bits per heavy atom. The normalized spacial score (nSPS) is 11.3. The summed E-state index contributed by atoms with van der Waals surface area (Å²) in [6.45, 7) is 0.590. The van der Waals surface area contributed by atoms with Crippen LogP contribution in [0.2, 0.25) is 0 Å². The van der Waals surface area contributed by atoms with E-state index in [1.807, 2.05) is 42.5 Å². The average Bonchev–Trinajstić information content (AvgIpc) is 3.11. The summed E-state index contributed by atoms with van der Waals surface area (Å²) in [4.78, 5) is 18.4. The number of methoxy groups -OCH3 is 1. The molecule has 130 valence electrons. The Labute approximate surface area is 145 Å². The van der Waals surface area contributed by atoms with Crippen LogP contribution in [0.15, 0.2) is 65.1 Å². The zero-order chi connectivity index (χ0) is 17.9. The van der Waals surface area contributed by atoms with Crippen molar-refractivity contribution in [2.45, 2.75) is 6.54 Å². The largest absolute Gasteiger partial charge is 0.496 e. The van der Waals surface area contributed by atoms with Crippen LogP contribution in [0.1, 0.15) is 5.56 Å². The Morgan fingerprint density at radius 1 is 1.08 bits per heavy atom. The molecular formula is C18H18NO5P. The van der Waals surface area contributed by atoms with E-state index in [2.05, 4.69) is 5.32 Å². The maximum Gasteiger partial charge on any atom is 0.391 e. The lowest BCUT2D eigenvalue weighted by molar-refractivity contribution is 0.377. The van der Waals surface area contributed by atoms with E-state index in [9.17, 15) is 14.4 Å². The molecular weight excluding hydrogens is 341 g/mol. The van der Waals surface area contributed by atoms with Crippen molar-refractivity contribution in [1.29, 1.82) is 0 Å². The third-order valence-corrected chi connectivity index (χ3v) is 4.49. The highest BCUT2D eigenvalue weighted by atomic mass is 31.2. The number of rotatable bonds is 6. The van der Waals surface area contributed by atoms with E-state index in [-0.39, 0.29) is 5.50 Å². The van der Waals surface area contributed by atoms with Crippen molar-refractivity contribution in [2.75, 3.05) is 12.4 Å². The molecule has 0 saturated heterocycles. The summed E-state index contributed by atoms with van der Waals surface area (Å²) in [6.07, 6.45) is 0. The Balaban J connectivity index is 1.87. The fraction of sp³-hybridized carbons (Fsp3) is 0.111. The van der Waals surface area contributed by atoms with Crippen molar-refractivity contribution >= 4 is 18.8 Å². The van der Waals surface area contributed by atoms with Crippen LogP contribution in [-0.2, 0) is 11.1 Å². The molecule has 3 rings (SSSR count). The molecule has 1 heterocycles. The van der Waals surface area contributed by atoms with Crippen molar-refractivity contribution in [3.05, 3.63) is 66.2 Å². The predicted octanol–water partition coefficient (Wildman–Crippen LogP) is 3.37. The summed E-state index contributed by atoms with van der Waals surface area (Å²) in [7, 11) is -2.89. The standard InChI is InChI=1S/C18H18NO5P/c1-23-16-8-7-13(12-19-14-5-3-2-4-6-14)11-15(16)17-9-10-18(24-17)25(20,21)22/h2-11,19H,12H2,1H3,(H2,20,21,22). The first-order valence-electron chi connectivity index (χ1n) is 7.59. The second-order valence-corrected chi connectivity index (χ2v) is 6.96. The van der Waals surface area contributed by atoms with Crippen LogP contribution < -0.4 is 15.6 Å². The summed E-state index contributed by atoms with van der Waals surface area (Å²) in [5.74, 6) is 0.909. The van der Waals surface area contributed by atoms with Gasteiger partial charge in [0.2, 0.25) is 5.50 Å². The van der Waals surface area contributed by atoms with Gasteiger partial charge >= 0.3 is 7.60 Å². The smallest absolute Gasteiger partial charge is 0.391 e. The van der Waals surface area contributed by atoms with Crippen molar-refractivity contribution in [3.8, 4) is 17.1 Å². The molecule has 3 N–H and O–H groups in total. The molecule has 0 bridgehead atoms. The van der Waals surface area contributed by atoms with Crippen molar-refractivity contribution < 1.29 is 23.5 Å². The van der Waals surface area contributed by atoms with E-state index in [0.29, 0.717) is 23.6 Å². The van der Waals surface area contributed by atoms with Crippen molar-refractivity contribution in [2.24, 2.45) is 0 Å². The monoisotopic (exact) mass is 359 g/mol. The van der Waals surface area contributed by atoms with Gasteiger partial charge in [-0.2, -0.15) is 0 Å². The molecule has 0 saturated carbocycles. The summed E-state index contributed by atoms with van der Waals surface area (Å²) in [6, 6.07) is 18.2. The molecule has 0 aliphatic rings.